The fraction of sp³-hybridized carbons (Fsp3) is 0.533. The number of carboxylic acids is 1. The molecule has 3 unspecified atom stereocenters. The van der Waals surface area contributed by atoms with Crippen molar-refractivity contribution in [1.29, 1.82) is 0 Å². The summed E-state index contributed by atoms with van der Waals surface area (Å²) >= 11 is 0. The van der Waals surface area contributed by atoms with Gasteiger partial charge in [0.05, 0.1) is 5.41 Å². The number of carboxylic acid groups (broad SMARTS) is 1. The van der Waals surface area contributed by atoms with Crippen LogP contribution in [-0.4, -0.2) is 17.6 Å². The Kier molecular flexibility index (Phi) is 2.86. The first-order valence-electron chi connectivity index (χ1n) is 6.76. The van der Waals surface area contributed by atoms with E-state index in [1.807, 2.05) is 18.2 Å². The second-order valence-electron chi connectivity index (χ2n) is 5.58. The standard InChI is InChI=1S/C15H19NO2/c17-14(18)15-9-5-4-8-12(15)13(16-10-15)11-6-2-1-3-7-11/h1-3,6-7,12-13,16H,4-5,8-10H2,(H,17,18). The Labute approximate surface area is 107 Å². The first-order valence-corrected chi connectivity index (χ1v) is 6.76. The van der Waals surface area contributed by atoms with Crippen LogP contribution in [-0.2, 0) is 4.79 Å². The number of fused-ring (bicyclic) bond motifs is 1. The number of hydrogen-bond acceptors (Lipinski definition) is 2. The predicted octanol–water partition coefficient (Wildman–Crippen LogP) is 2.59. The average Bonchev–Trinajstić information content (AvgIpc) is 2.80. The van der Waals surface area contributed by atoms with Crippen molar-refractivity contribution in [2.24, 2.45) is 11.3 Å². The van der Waals surface area contributed by atoms with E-state index in [-0.39, 0.29) is 12.0 Å². The van der Waals surface area contributed by atoms with Crippen molar-refractivity contribution in [3.8, 4) is 0 Å². The number of nitrogens with one attached hydrogen (secondary N) is 1. The molecule has 2 N–H and O–H groups in total. The topological polar surface area (TPSA) is 49.3 Å². The van der Waals surface area contributed by atoms with Gasteiger partial charge in [0.1, 0.15) is 0 Å². The highest BCUT2D eigenvalue weighted by atomic mass is 16.4. The maximum atomic E-state index is 11.7. The summed E-state index contributed by atoms with van der Waals surface area (Å²) in [6.07, 6.45) is 4.05. The van der Waals surface area contributed by atoms with Crippen LogP contribution < -0.4 is 5.32 Å². The molecule has 0 spiro atoms. The lowest BCUT2D eigenvalue weighted by Gasteiger charge is -2.36. The summed E-state index contributed by atoms with van der Waals surface area (Å²) in [5.41, 5.74) is 0.700. The van der Waals surface area contributed by atoms with Crippen LogP contribution >= 0.6 is 0 Å². The van der Waals surface area contributed by atoms with Gasteiger partial charge in [0, 0.05) is 12.6 Å². The van der Waals surface area contributed by atoms with E-state index in [1.54, 1.807) is 0 Å². The van der Waals surface area contributed by atoms with Crippen molar-refractivity contribution in [2.75, 3.05) is 6.54 Å². The molecule has 1 heterocycles. The van der Waals surface area contributed by atoms with Gasteiger partial charge < -0.3 is 10.4 Å². The quantitative estimate of drug-likeness (QED) is 0.842. The number of rotatable bonds is 2. The van der Waals surface area contributed by atoms with Crippen LogP contribution in [0.5, 0.6) is 0 Å². The van der Waals surface area contributed by atoms with E-state index in [4.69, 9.17) is 0 Å². The summed E-state index contributed by atoms with van der Waals surface area (Å²) in [6, 6.07) is 10.5. The molecule has 2 fully saturated rings. The summed E-state index contributed by atoms with van der Waals surface area (Å²) < 4.78 is 0. The molecular weight excluding hydrogens is 226 g/mol. The molecule has 3 atom stereocenters. The Morgan fingerprint density at radius 3 is 2.78 bits per heavy atom. The largest absolute Gasteiger partial charge is 0.481 e. The fourth-order valence-electron chi connectivity index (χ4n) is 3.76. The lowest BCUT2D eigenvalue weighted by atomic mass is 9.65. The molecule has 1 saturated heterocycles. The van der Waals surface area contributed by atoms with Crippen molar-refractivity contribution in [1.82, 2.24) is 5.32 Å². The maximum Gasteiger partial charge on any atom is 0.311 e. The molecule has 0 aromatic heterocycles. The first kappa shape index (κ1) is 11.7. The van der Waals surface area contributed by atoms with Crippen LogP contribution in [0.15, 0.2) is 30.3 Å². The monoisotopic (exact) mass is 245 g/mol. The number of aliphatic carboxylic acids is 1. The molecular formula is C15H19NO2. The van der Waals surface area contributed by atoms with Gasteiger partial charge in [-0.05, 0) is 24.3 Å². The van der Waals surface area contributed by atoms with Gasteiger partial charge in [0.25, 0.3) is 0 Å². The Hall–Kier alpha value is -1.35. The third kappa shape index (κ3) is 1.65. The second kappa shape index (κ2) is 4.39. The van der Waals surface area contributed by atoms with Gasteiger partial charge in [-0.1, -0.05) is 43.2 Å². The Bertz CT molecular complexity index is 445. The van der Waals surface area contributed by atoms with Gasteiger partial charge in [-0.3, -0.25) is 4.79 Å². The SMILES string of the molecule is O=C(O)C12CCCCC1C(c1ccccc1)NC2. The summed E-state index contributed by atoms with van der Waals surface area (Å²) in [5.74, 6) is -0.371. The summed E-state index contributed by atoms with van der Waals surface area (Å²) in [4.78, 5) is 11.7. The molecule has 0 radical (unpaired) electrons. The zero-order valence-corrected chi connectivity index (χ0v) is 10.4. The van der Waals surface area contributed by atoms with E-state index in [0.717, 1.165) is 25.7 Å². The Morgan fingerprint density at radius 2 is 2.06 bits per heavy atom. The zero-order valence-electron chi connectivity index (χ0n) is 10.4. The van der Waals surface area contributed by atoms with Crippen molar-refractivity contribution < 1.29 is 9.90 Å². The minimum Gasteiger partial charge on any atom is -0.481 e. The maximum absolute atomic E-state index is 11.7. The molecule has 1 aromatic rings. The van der Waals surface area contributed by atoms with Crippen LogP contribution in [0.1, 0.15) is 37.3 Å². The normalized spacial score (nSPS) is 35.1. The fourth-order valence-corrected chi connectivity index (χ4v) is 3.76. The summed E-state index contributed by atoms with van der Waals surface area (Å²) in [5, 5.41) is 13.1. The molecule has 1 saturated carbocycles. The van der Waals surface area contributed by atoms with Crippen LogP contribution in [0.25, 0.3) is 0 Å². The molecule has 0 bridgehead atoms. The molecule has 3 heteroatoms. The van der Waals surface area contributed by atoms with Crippen molar-refractivity contribution >= 4 is 5.97 Å². The Morgan fingerprint density at radius 1 is 1.28 bits per heavy atom. The molecule has 1 aliphatic carbocycles. The molecule has 96 valence electrons. The van der Waals surface area contributed by atoms with Gasteiger partial charge in [0.15, 0.2) is 0 Å². The molecule has 18 heavy (non-hydrogen) atoms. The van der Waals surface area contributed by atoms with Crippen LogP contribution in [0.4, 0.5) is 0 Å². The van der Waals surface area contributed by atoms with Gasteiger partial charge >= 0.3 is 5.97 Å². The van der Waals surface area contributed by atoms with E-state index >= 15 is 0 Å². The lowest BCUT2D eigenvalue weighted by Crippen LogP contribution is -2.41. The minimum absolute atomic E-state index is 0.211. The minimum atomic E-state index is -0.613. The van der Waals surface area contributed by atoms with E-state index in [1.165, 1.54) is 5.56 Å². The van der Waals surface area contributed by atoms with E-state index in [2.05, 4.69) is 17.4 Å². The second-order valence-corrected chi connectivity index (χ2v) is 5.58. The van der Waals surface area contributed by atoms with Crippen LogP contribution in [0.3, 0.4) is 0 Å². The van der Waals surface area contributed by atoms with Crippen molar-refractivity contribution in [3.05, 3.63) is 35.9 Å². The molecule has 3 rings (SSSR count). The molecule has 1 aromatic carbocycles. The molecule has 0 amide bonds. The van der Waals surface area contributed by atoms with E-state index < -0.39 is 11.4 Å². The Balaban J connectivity index is 1.94. The third-order valence-corrected chi connectivity index (χ3v) is 4.72. The van der Waals surface area contributed by atoms with Gasteiger partial charge in [-0.2, -0.15) is 0 Å². The van der Waals surface area contributed by atoms with Crippen molar-refractivity contribution in [2.45, 2.75) is 31.7 Å². The van der Waals surface area contributed by atoms with E-state index in [9.17, 15) is 9.90 Å². The van der Waals surface area contributed by atoms with Crippen molar-refractivity contribution in [3.63, 3.8) is 0 Å². The smallest absolute Gasteiger partial charge is 0.311 e. The highest BCUT2D eigenvalue weighted by Crippen LogP contribution is 2.51. The highest BCUT2D eigenvalue weighted by Gasteiger charge is 2.54. The third-order valence-electron chi connectivity index (χ3n) is 4.72. The van der Waals surface area contributed by atoms with Gasteiger partial charge in [-0.25, -0.2) is 0 Å². The predicted molar refractivity (Wildman–Crippen MR) is 69.2 cm³/mol. The molecule has 2 aliphatic rings. The van der Waals surface area contributed by atoms with E-state index in [0.29, 0.717) is 6.54 Å². The summed E-state index contributed by atoms with van der Waals surface area (Å²) in [6.45, 7) is 0.618. The average molecular weight is 245 g/mol. The van der Waals surface area contributed by atoms with Gasteiger partial charge in [-0.15, -0.1) is 0 Å². The number of carbonyl (C=O) groups is 1. The molecule has 3 nitrogen and oxygen atoms in total. The van der Waals surface area contributed by atoms with Crippen LogP contribution in [0.2, 0.25) is 0 Å². The lowest BCUT2D eigenvalue weighted by molar-refractivity contribution is -0.152. The molecule has 1 aliphatic heterocycles. The zero-order chi connectivity index (χ0) is 12.6. The van der Waals surface area contributed by atoms with Gasteiger partial charge in [0.2, 0.25) is 0 Å². The first-order chi connectivity index (χ1) is 8.74. The number of benzene rings is 1. The van der Waals surface area contributed by atoms with Crippen LogP contribution in [0, 0.1) is 11.3 Å². The summed E-state index contributed by atoms with van der Waals surface area (Å²) in [7, 11) is 0. The highest BCUT2D eigenvalue weighted by molar-refractivity contribution is 5.76. The number of hydrogen-bond donors (Lipinski definition) is 2.